The standard InChI is InChI=1S/C56H93N5O15/c1-16-43-56(11,69)48(64)36(7)58(14)30-32(3)28-54(9,68)49(76-53-46(63)42(57(12)13)26-33(4)72-53)34(5)47(35(6)52(67)74-43)75-44-29-55(10,70-15)50(37(8)73-44)71-25-24-59-20-22-61(23-21-59)38-18-19-41-39(27-38)45(62)40(51(65)66)31-60(41)17-2/h18-19,27,31-37,42-44,46-50,53,63-64,68-69H,16-17,20-26,28-30H2,1-15H3,(H,65,66)/t32-,33-,34+,35-,36-,37+,42+,43-,44?,46-,47+,48-,49-,50+,53+,54-,55-,56-/m1/s1. The van der Waals surface area contributed by atoms with Crippen molar-refractivity contribution >= 4 is 28.5 Å². The molecule has 0 amide bonds. The fraction of sp³-hybridized carbons (Fsp3) is 0.804. The van der Waals surface area contributed by atoms with Crippen LogP contribution in [0.25, 0.3) is 10.9 Å². The molecule has 4 fully saturated rings. The van der Waals surface area contributed by atoms with Crippen molar-refractivity contribution in [3.63, 3.8) is 0 Å². The first kappa shape index (κ1) is 61.9. The highest BCUT2D eigenvalue weighted by Gasteiger charge is 2.53. The summed E-state index contributed by atoms with van der Waals surface area (Å²) in [5.41, 5.74) is -3.55. The van der Waals surface area contributed by atoms with Gasteiger partial charge in [0.25, 0.3) is 0 Å². The number of aliphatic hydroxyl groups is 4. The Labute approximate surface area is 450 Å². The van der Waals surface area contributed by atoms with E-state index in [0.29, 0.717) is 56.7 Å². The normalized spacial score (nSPS) is 39.2. The first-order valence-corrected chi connectivity index (χ1v) is 27.6. The van der Waals surface area contributed by atoms with E-state index < -0.39 is 107 Å². The lowest BCUT2D eigenvalue weighted by molar-refractivity contribution is -0.320. The predicted octanol–water partition coefficient (Wildman–Crippen LogP) is 3.78. The van der Waals surface area contributed by atoms with Gasteiger partial charge < -0.3 is 78.0 Å². The fourth-order valence-electron chi connectivity index (χ4n) is 12.6. The number of fused-ring (bicyclic) bond motifs is 1. The SMILES string of the molecule is CC[C@H]1OC(=O)[C@H](C)[C@@H](OC2C[C@@](C)(OC)[C@@H](OCCN3CCN(c4ccc5c(c4)c(=O)c(C(=O)O)cn5CC)CC3)[C@H](C)O2)[C@H](C)[C@@H](O[C@@H]2O[C@H](C)C[C@H](N(C)C)[C@H]2O)[C@](C)(O)C[C@@H](C)CN(C)[C@H](C)[C@@H](O)[C@]1(C)O. The number of anilines is 1. The van der Waals surface area contributed by atoms with Gasteiger partial charge >= 0.3 is 11.9 Å². The molecule has 4 aliphatic heterocycles. The number of ether oxygens (including phenoxy) is 7. The molecule has 5 heterocycles. The summed E-state index contributed by atoms with van der Waals surface area (Å²) < 4.78 is 47.7. The van der Waals surface area contributed by atoms with Crippen LogP contribution >= 0.6 is 0 Å². The highest BCUT2D eigenvalue weighted by molar-refractivity contribution is 5.93. The lowest BCUT2D eigenvalue weighted by atomic mass is 9.77. The zero-order valence-electron chi connectivity index (χ0n) is 48.0. The summed E-state index contributed by atoms with van der Waals surface area (Å²) in [5.74, 6) is -3.94. The number of hydrogen-bond acceptors (Lipinski definition) is 18. The minimum absolute atomic E-state index is 0.174. The number of carboxylic acids is 1. The smallest absolute Gasteiger partial charge is 0.341 e. The molecule has 0 bridgehead atoms. The quantitative estimate of drug-likeness (QED) is 0.169. The van der Waals surface area contributed by atoms with Crippen LogP contribution in [0, 0.1) is 17.8 Å². The molecule has 1 aromatic heterocycles. The highest BCUT2D eigenvalue weighted by atomic mass is 16.7. The molecule has 0 spiro atoms. The molecule has 4 saturated heterocycles. The van der Waals surface area contributed by atoms with Crippen molar-refractivity contribution in [2.45, 2.75) is 199 Å². The van der Waals surface area contributed by atoms with Gasteiger partial charge in [0.2, 0.25) is 5.43 Å². The van der Waals surface area contributed by atoms with Gasteiger partial charge in [-0.15, -0.1) is 0 Å². The van der Waals surface area contributed by atoms with Gasteiger partial charge in [-0.2, -0.15) is 0 Å². The maximum absolute atomic E-state index is 14.6. The number of aryl methyl sites for hydroxylation is 1. The lowest BCUT2D eigenvalue weighted by Gasteiger charge is -2.49. The van der Waals surface area contributed by atoms with Crippen molar-refractivity contribution in [2.24, 2.45) is 17.8 Å². The number of aliphatic hydroxyl groups excluding tert-OH is 2. The Balaban J connectivity index is 1.21. The third kappa shape index (κ3) is 13.6. The van der Waals surface area contributed by atoms with Gasteiger partial charge in [-0.25, -0.2) is 4.79 Å². The molecule has 20 heteroatoms. The summed E-state index contributed by atoms with van der Waals surface area (Å²) in [7, 11) is 7.24. The van der Waals surface area contributed by atoms with E-state index in [0.717, 1.165) is 18.8 Å². The molecule has 0 aliphatic carbocycles. The van der Waals surface area contributed by atoms with Crippen LogP contribution in [0.15, 0.2) is 29.2 Å². The molecule has 5 N–H and O–H groups in total. The van der Waals surface area contributed by atoms with Crippen LogP contribution < -0.4 is 10.3 Å². The van der Waals surface area contributed by atoms with Crippen LogP contribution in [-0.2, 0) is 44.5 Å². The fourth-order valence-corrected chi connectivity index (χ4v) is 12.6. The van der Waals surface area contributed by atoms with Crippen LogP contribution in [0.2, 0.25) is 0 Å². The third-order valence-electron chi connectivity index (χ3n) is 17.2. The first-order chi connectivity index (χ1) is 35.6. The van der Waals surface area contributed by atoms with E-state index in [2.05, 4.69) is 9.80 Å². The number of likely N-dealkylation sites (N-methyl/N-ethyl adjacent to an activating group) is 2. The van der Waals surface area contributed by atoms with Gasteiger partial charge in [0, 0.05) is 94.6 Å². The summed E-state index contributed by atoms with van der Waals surface area (Å²) in [5, 5.41) is 58.3. The molecule has 76 heavy (non-hydrogen) atoms. The Kier molecular flexibility index (Phi) is 20.7. The minimum atomic E-state index is -1.84. The minimum Gasteiger partial charge on any atom is -0.477 e. The van der Waals surface area contributed by atoms with Crippen molar-refractivity contribution in [3.05, 3.63) is 40.2 Å². The third-order valence-corrected chi connectivity index (χ3v) is 17.2. The van der Waals surface area contributed by atoms with Crippen LogP contribution in [0.3, 0.4) is 0 Å². The van der Waals surface area contributed by atoms with E-state index in [9.17, 15) is 39.9 Å². The summed E-state index contributed by atoms with van der Waals surface area (Å²) in [6.45, 7) is 24.8. The molecule has 20 nitrogen and oxygen atoms in total. The van der Waals surface area contributed by atoms with Crippen molar-refractivity contribution in [2.75, 3.05) is 79.0 Å². The average molecular weight is 1080 g/mol. The van der Waals surface area contributed by atoms with Gasteiger partial charge in [-0.3, -0.25) is 14.5 Å². The number of carbonyl (C=O) groups is 2. The van der Waals surface area contributed by atoms with Crippen LogP contribution in [0.5, 0.6) is 0 Å². The number of aromatic carboxylic acids is 1. The van der Waals surface area contributed by atoms with E-state index in [-0.39, 0.29) is 42.9 Å². The lowest BCUT2D eigenvalue weighted by Crippen LogP contribution is -2.61. The molecule has 0 saturated carbocycles. The maximum Gasteiger partial charge on any atom is 0.341 e. The Bertz CT molecular complexity index is 2310. The monoisotopic (exact) mass is 1080 g/mol. The summed E-state index contributed by atoms with van der Waals surface area (Å²) in [4.78, 5) is 48.1. The molecule has 1 aromatic carbocycles. The zero-order valence-corrected chi connectivity index (χ0v) is 48.0. The molecule has 6 rings (SSSR count). The van der Waals surface area contributed by atoms with Crippen molar-refractivity contribution < 1.29 is 68.3 Å². The molecule has 18 atom stereocenters. The van der Waals surface area contributed by atoms with E-state index in [4.69, 9.17) is 33.2 Å². The van der Waals surface area contributed by atoms with E-state index in [1.807, 2.05) is 91.5 Å². The predicted molar refractivity (Wildman–Crippen MR) is 287 cm³/mol. The second-order valence-corrected chi connectivity index (χ2v) is 23.5. The number of rotatable bonds is 14. The molecule has 432 valence electrons. The highest BCUT2D eigenvalue weighted by Crippen LogP contribution is 2.41. The van der Waals surface area contributed by atoms with E-state index in [1.54, 1.807) is 38.5 Å². The Morgan fingerprint density at radius 2 is 1.59 bits per heavy atom. The molecular weight excluding hydrogens is 983 g/mol. The number of carboxylic acid groups (broad SMARTS) is 1. The first-order valence-electron chi connectivity index (χ1n) is 27.6. The molecule has 2 aromatic rings. The van der Waals surface area contributed by atoms with Crippen molar-refractivity contribution in [3.8, 4) is 0 Å². The van der Waals surface area contributed by atoms with Crippen LogP contribution in [0.1, 0.15) is 112 Å². The number of esters is 1. The summed E-state index contributed by atoms with van der Waals surface area (Å²) in [6.07, 6.45) is -6.50. The van der Waals surface area contributed by atoms with Crippen molar-refractivity contribution in [1.29, 1.82) is 0 Å². The number of methoxy groups -OCH3 is 1. The Hall–Kier alpha value is -3.35. The summed E-state index contributed by atoms with van der Waals surface area (Å²) in [6, 6.07) is 4.79. The van der Waals surface area contributed by atoms with Gasteiger partial charge in [-0.1, -0.05) is 20.8 Å². The van der Waals surface area contributed by atoms with Gasteiger partial charge in [0.05, 0.1) is 53.7 Å². The topological polar surface area (TPSA) is 235 Å². The number of carbonyl (C=O) groups excluding carboxylic acids is 1. The average Bonchev–Trinajstić information content (AvgIpc) is 3.36. The largest absolute Gasteiger partial charge is 0.477 e. The Morgan fingerprint density at radius 1 is 0.921 bits per heavy atom. The number of piperazine rings is 1. The summed E-state index contributed by atoms with van der Waals surface area (Å²) >= 11 is 0. The van der Waals surface area contributed by atoms with E-state index >= 15 is 0 Å². The number of pyridine rings is 1. The second kappa shape index (κ2) is 25.4. The van der Waals surface area contributed by atoms with Gasteiger partial charge in [0.1, 0.15) is 35.6 Å². The Morgan fingerprint density at radius 3 is 2.20 bits per heavy atom. The second-order valence-electron chi connectivity index (χ2n) is 23.5. The number of hydrogen-bond donors (Lipinski definition) is 5. The molecule has 0 radical (unpaired) electrons. The molecular formula is C56H93N5O15. The number of cyclic esters (lactones) is 1. The maximum atomic E-state index is 14.6. The number of nitrogens with zero attached hydrogens (tertiary/aromatic N) is 5. The van der Waals surface area contributed by atoms with Crippen LogP contribution in [0.4, 0.5) is 5.69 Å². The number of benzene rings is 1. The van der Waals surface area contributed by atoms with E-state index in [1.165, 1.54) is 13.1 Å². The van der Waals surface area contributed by atoms with Crippen molar-refractivity contribution in [1.82, 2.24) is 19.3 Å². The zero-order chi connectivity index (χ0) is 56.4. The molecule has 4 aliphatic rings. The molecule has 1 unspecified atom stereocenters. The van der Waals surface area contributed by atoms with Gasteiger partial charge in [0.15, 0.2) is 12.6 Å². The van der Waals surface area contributed by atoms with Crippen LogP contribution in [-0.4, -0.2) is 221 Å². The van der Waals surface area contributed by atoms with Gasteiger partial charge in [-0.05, 0) is 120 Å². The number of aromatic nitrogens is 1.